The van der Waals surface area contributed by atoms with Gasteiger partial charge >= 0.3 is 0 Å². The first-order valence-electron chi connectivity index (χ1n) is 8.69. The molecule has 24 heavy (non-hydrogen) atoms. The summed E-state index contributed by atoms with van der Waals surface area (Å²) in [6.07, 6.45) is 4.29. The molecular formula is C21H26N2O. The molecule has 0 aromatic heterocycles. The van der Waals surface area contributed by atoms with E-state index in [1.54, 1.807) is 0 Å². The van der Waals surface area contributed by atoms with Crippen LogP contribution in [0.1, 0.15) is 39.2 Å². The third kappa shape index (κ3) is 3.46. The highest BCUT2D eigenvalue weighted by Crippen LogP contribution is 2.33. The Bertz CT molecular complexity index is 719. The lowest BCUT2D eigenvalue weighted by Gasteiger charge is -2.24. The summed E-state index contributed by atoms with van der Waals surface area (Å²) in [5.41, 5.74) is 8.45. The molecule has 3 nitrogen and oxygen atoms in total. The van der Waals surface area contributed by atoms with Gasteiger partial charge in [0.15, 0.2) is 0 Å². The molecule has 126 valence electrons. The maximum absolute atomic E-state index is 5.54. The number of ether oxygens (including phenoxy) is 1. The second-order valence-electron chi connectivity index (χ2n) is 6.51. The van der Waals surface area contributed by atoms with Crippen molar-refractivity contribution in [2.75, 3.05) is 11.6 Å². The monoisotopic (exact) mass is 322 g/mol. The minimum Gasteiger partial charge on any atom is -0.494 e. The normalized spacial score (nSPS) is 16.9. The van der Waals surface area contributed by atoms with Gasteiger partial charge in [-0.05, 0) is 60.7 Å². The topological polar surface area (TPSA) is 24.5 Å². The fourth-order valence-electron chi connectivity index (χ4n) is 3.00. The largest absolute Gasteiger partial charge is 0.494 e. The van der Waals surface area contributed by atoms with Gasteiger partial charge in [-0.1, -0.05) is 38.1 Å². The van der Waals surface area contributed by atoms with Crippen LogP contribution in [0, 0.1) is 0 Å². The fourth-order valence-corrected chi connectivity index (χ4v) is 3.00. The molecule has 0 bridgehead atoms. The molecule has 1 aliphatic heterocycles. The van der Waals surface area contributed by atoms with Gasteiger partial charge < -0.3 is 4.74 Å². The van der Waals surface area contributed by atoms with Gasteiger partial charge in [0.2, 0.25) is 0 Å². The van der Waals surface area contributed by atoms with Crippen LogP contribution in [0.2, 0.25) is 0 Å². The van der Waals surface area contributed by atoms with Crippen LogP contribution < -0.4 is 15.2 Å². The number of hydrogen-bond donors (Lipinski definition) is 1. The maximum atomic E-state index is 5.54. The lowest BCUT2D eigenvalue weighted by molar-refractivity contribution is 0.340. The van der Waals surface area contributed by atoms with Crippen LogP contribution in [0.15, 0.2) is 54.7 Å². The van der Waals surface area contributed by atoms with Gasteiger partial charge in [-0.15, -0.1) is 0 Å². The molecule has 0 spiro atoms. The SMILES string of the molecule is CCOc1ccc(-c2ccc(C(C)C)c(N3C=CC(C)N3)c2)cc1. The first-order valence-corrected chi connectivity index (χ1v) is 8.69. The van der Waals surface area contributed by atoms with E-state index in [4.69, 9.17) is 4.74 Å². The van der Waals surface area contributed by atoms with E-state index in [1.807, 2.05) is 19.1 Å². The molecule has 0 aliphatic carbocycles. The number of nitrogens with zero attached hydrogens (tertiary/aromatic N) is 1. The molecular weight excluding hydrogens is 296 g/mol. The summed E-state index contributed by atoms with van der Waals surface area (Å²) in [6.45, 7) is 9.32. The van der Waals surface area contributed by atoms with Crippen LogP contribution in [0.3, 0.4) is 0 Å². The summed E-state index contributed by atoms with van der Waals surface area (Å²) < 4.78 is 5.54. The van der Waals surface area contributed by atoms with E-state index in [-0.39, 0.29) is 0 Å². The molecule has 3 heteroatoms. The van der Waals surface area contributed by atoms with E-state index in [9.17, 15) is 0 Å². The van der Waals surface area contributed by atoms with Gasteiger partial charge in [0.1, 0.15) is 5.75 Å². The van der Waals surface area contributed by atoms with Crippen LogP contribution in [0.5, 0.6) is 5.75 Å². The smallest absolute Gasteiger partial charge is 0.119 e. The van der Waals surface area contributed by atoms with Crippen molar-refractivity contribution < 1.29 is 4.74 Å². The molecule has 1 heterocycles. The zero-order valence-corrected chi connectivity index (χ0v) is 14.9. The molecule has 2 aromatic carbocycles. The quantitative estimate of drug-likeness (QED) is 0.828. The van der Waals surface area contributed by atoms with Crippen LogP contribution in [0.4, 0.5) is 5.69 Å². The number of rotatable bonds is 5. The van der Waals surface area contributed by atoms with Crippen LogP contribution in [-0.2, 0) is 0 Å². The Morgan fingerprint density at radius 3 is 2.38 bits per heavy atom. The highest BCUT2D eigenvalue weighted by molar-refractivity contribution is 5.72. The van der Waals surface area contributed by atoms with Crippen molar-refractivity contribution in [3.63, 3.8) is 0 Å². The Morgan fingerprint density at radius 2 is 1.79 bits per heavy atom. The Balaban J connectivity index is 1.96. The zero-order valence-electron chi connectivity index (χ0n) is 14.9. The van der Waals surface area contributed by atoms with Crippen molar-refractivity contribution in [1.29, 1.82) is 0 Å². The van der Waals surface area contributed by atoms with Crippen molar-refractivity contribution in [2.24, 2.45) is 0 Å². The summed E-state index contributed by atoms with van der Waals surface area (Å²) in [6, 6.07) is 15.4. The molecule has 1 N–H and O–H groups in total. The van der Waals surface area contributed by atoms with Gasteiger partial charge in [-0.2, -0.15) is 0 Å². The van der Waals surface area contributed by atoms with E-state index in [1.165, 1.54) is 22.4 Å². The highest BCUT2D eigenvalue weighted by Gasteiger charge is 2.18. The zero-order chi connectivity index (χ0) is 17.1. The van der Waals surface area contributed by atoms with Gasteiger partial charge in [0.05, 0.1) is 12.3 Å². The summed E-state index contributed by atoms with van der Waals surface area (Å²) in [5, 5.41) is 2.14. The first kappa shape index (κ1) is 16.6. The standard InChI is InChI=1S/C21H26N2O/c1-5-24-19-9-6-17(7-10-19)18-8-11-20(15(2)3)21(14-18)23-13-12-16(4)22-23/h6-16,22H,5H2,1-4H3. The predicted octanol–water partition coefficient (Wildman–Crippen LogP) is 5.10. The molecule has 0 saturated heterocycles. The number of anilines is 1. The highest BCUT2D eigenvalue weighted by atomic mass is 16.5. The average Bonchev–Trinajstić information content (AvgIpc) is 3.01. The minimum atomic E-state index is 0.360. The fraction of sp³-hybridized carbons (Fsp3) is 0.333. The molecule has 3 rings (SSSR count). The second kappa shape index (κ2) is 7.10. The third-order valence-corrected chi connectivity index (χ3v) is 4.28. The molecule has 0 amide bonds. The van der Waals surface area contributed by atoms with Crippen molar-refractivity contribution in [3.05, 3.63) is 60.3 Å². The Labute approximate surface area is 144 Å². The minimum absolute atomic E-state index is 0.360. The van der Waals surface area contributed by atoms with E-state index < -0.39 is 0 Å². The molecule has 2 aromatic rings. The molecule has 1 aliphatic rings. The molecule has 1 atom stereocenters. The van der Waals surface area contributed by atoms with Crippen molar-refractivity contribution in [1.82, 2.24) is 5.43 Å². The van der Waals surface area contributed by atoms with Crippen molar-refractivity contribution in [2.45, 2.75) is 39.7 Å². The number of hydrazine groups is 1. The van der Waals surface area contributed by atoms with Gasteiger partial charge in [-0.3, -0.25) is 5.01 Å². The van der Waals surface area contributed by atoms with Gasteiger partial charge in [0.25, 0.3) is 0 Å². The summed E-state index contributed by atoms with van der Waals surface area (Å²) in [7, 11) is 0. The summed E-state index contributed by atoms with van der Waals surface area (Å²) in [4.78, 5) is 0. The Morgan fingerprint density at radius 1 is 1.08 bits per heavy atom. The summed E-state index contributed by atoms with van der Waals surface area (Å²) >= 11 is 0. The van der Waals surface area contributed by atoms with Crippen LogP contribution in [0.25, 0.3) is 11.1 Å². The Hall–Kier alpha value is -2.26. The Kier molecular flexibility index (Phi) is 4.91. The van der Waals surface area contributed by atoms with E-state index >= 15 is 0 Å². The summed E-state index contributed by atoms with van der Waals surface area (Å²) in [5.74, 6) is 1.39. The molecule has 0 saturated carbocycles. The lowest BCUT2D eigenvalue weighted by Crippen LogP contribution is -2.34. The maximum Gasteiger partial charge on any atom is 0.119 e. The van der Waals surface area contributed by atoms with Gasteiger partial charge in [0, 0.05) is 12.2 Å². The van der Waals surface area contributed by atoms with E-state index in [0.717, 1.165) is 5.75 Å². The molecule has 0 fully saturated rings. The van der Waals surface area contributed by atoms with Crippen LogP contribution >= 0.6 is 0 Å². The average molecular weight is 322 g/mol. The lowest BCUT2D eigenvalue weighted by atomic mass is 9.96. The number of benzene rings is 2. The second-order valence-corrected chi connectivity index (χ2v) is 6.51. The van der Waals surface area contributed by atoms with E-state index in [2.05, 4.69) is 73.8 Å². The molecule has 0 radical (unpaired) electrons. The van der Waals surface area contributed by atoms with E-state index in [0.29, 0.717) is 18.6 Å². The van der Waals surface area contributed by atoms with Crippen molar-refractivity contribution >= 4 is 5.69 Å². The predicted molar refractivity (Wildman–Crippen MR) is 101 cm³/mol. The number of hydrogen-bond acceptors (Lipinski definition) is 3. The van der Waals surface area contributed by atoms with Crippen molar-refractivity contribution in [3.8, 4) is 16.9 Å². The first-order chi connectivity index (χ1) is 11.6. The third-order valence-electron chi connectivity index (χ3n) is 4.28. The molecule has 1 unspecified atom stereocenters. The van der Waals surface area contributed by atoms with Gasteiger partial charge in [-0.25, -0.2) is 5.43 Å². The van der Waals surface area contributed by atoms with Crippen LogP contribution in [-0.4, -0.2) is 12.6 Å². The number of nitrogens with one attached hydrogen (secondary N) is 1.